The van der Waals surface area contributed by atoms with Gasteiger partial charge in [0, 0.05) is 31.5 Å². The lowest BCUT2D eigenvalue weighted by molar-refractivity contribution is 0.120. The van der Waals surface area contributed by atoms with Gasteiger partial charge in [-0.05, 0) is 31.9 Å². The van der Waals surface area contributed by atoms with Crippen LogP contribution in [0.3, 0.4) is 0 Å². The lowest BCUT2D eigenvalue weighted by Gasteiger charge is -2.15. The number of ether oxygens (including phenoxy) is 1. The van der Waals surface area contributed by atoms with E-state index in [1.165, 1.54) is 0 Å². The van der Waals surface area contributed by atoms with Crippen molar-refractivity contribution in [2.24, 2.45) is 0 Å². The fraction of sp³-hybridized carbons (Fsp3) is 0.471. The van der Waals surface area contributed by atoms with Gasteiger partial charge in [-0.2, -0.15) is 4.98 Å². The van der Waals surface area contributed by atoms with E-state index in [0.717, 1.165) is 30.8 Å². The minimum Gasteiger partial charge on any atom is -0.394 e. The van der Waals surface area contributed by atoms with Crippen molar-refractivity contribution in [3.05, 3.63) is 30.5 Å². The first-order chi connectivity index (χ1) is 11.7. The first-order valence-electron chi connectivity index (χ1n) is 8.28. The van der Waals surface area contributed by atoms with Gasteiger partial charge in [-0.1, -0.05) is 6.07 Å². The highest BCUT2D eigenvalue weighted by atomic mass is 16.5. The van der Waals surface area contributed by atoms with Crippen LogP contribution in [0, 0.1) is 0 Å². The molecule has 0 saturated carbocycles. The van der Waals surface area contributed by atoms with Gasteiger partial charge >= 0.3 is 0 Å². The number of aliphatic hydroxyl groups is 1. The Bertz CT molecular complexity index is 647. The summed E-state index contributed by atoms with van der Waals surface area (Å²) in [5, 5.41) is 15.7. The molecule has 0 aliphatic carbocycles. The van der Waals surface area contributed by atoms with Crippen molar-refractivity contribution < 1.29 is 9.84 Å². The van der Waals surface area contributed by atoms with Crippen molar-refractivity contribution >= 4 is 11.8 Å². The molecule has 7 heteroatoms. The van der Waals surface area contributed by atoms with Gasteiger partial charge in [0.2, 0.25) is 5.95 Å². The van der Waals surface area contributed by atoms with E-state index in [1.54, 1.807) is 6.20 Å². The van der Waals surface area contributed by atoms with Gasteiger partial charge in [-0.15, -0.1) is 0 Å². The average molecular weight is 329 g/mol. The van der Waals surface area contributed by atoms with Crippen LogP contribution in [-0.4, -0.2) is 52.0 Å². The van der Waals surface area contributed by atoms with Crippen LogP contribution in [0.4, 0.5) is 11.8 Å². The number of hydrogen-bond donors (Lipinski definition) is 3. The maximum atomic E-state index is 9.24. The maximum absolute atomic E-state index is 9.24. The highest BCUT2D eigenvalue weighted by Crippen LogP contribution is 2.20. The summed E-state index contributed by atoms with van der Waals surface area (Å²) in [5.41, 5.74) is 1.51. The minimum absolute atomic E-state index is 0.00977. The summed E-state index contributed by atoms with van der Waals surface area (Å²) in [4.78, 5) is 13.3. The van der Waals surface area contributed by atoms with Gasteiger partial charge in [0.05, 0.1) is 24.1 Å². The molecule has 1 aliphatic rings. The molecule has 0 radical (unpaired) electrons. The number of anilines is 2. The van der Waals surface area contributed by atoms with E-state index in [2.05, 4.69) is 25.6 Å². The van der Waals surface area contributed by atoms with Crippen molar-refractivity contribution in [1.29, 1.82) is 0 Å². The average Bonchev–Trinajstić information content (AvgIpc) is 3.14. The van der Waals surface area contributed by atoms with Crippen LogP contribution in [0.25, 0.3) is 11.4 Å². The zero-order valence-electron chi connectivity index (χ0n) is 13.8. The third kappa shape index (κ3) is 4.39. The number of nitrogens with one attached hydrogen (secondary N) is 2. The number of rotatable bonds is 7. The molecule has 1 fully saturated rings. The highest BCUT2D eigenvalue weighted by Gasteiger charge is 2.16. The molecule has 0 amide bonds. The van der Waals surface area contributed by atoms with Crippen molar-refractivity contribution in [1.82, 2.24) is 15.0 Å². The third-order valence-corrected chi connectivity index (χ3v) is 3.84. The topological polar surface area (TPSA) is 92.2 Å². The quantitative estimate of drug-likeness (QED) is 0.714. The van der Waals surface area contributed by atoms with Crippen molar-refractivity contribution in [2.75, 3.05) is 30.4 Å². The van der Waals surface area contributed by atoms with Crippen LogP contribution in [0.5, 0.6) is 0 Å². The molecule has 7 nitrogen and oxygen atoms in total. The Morgan fingerprint density at radius 1 is 1.33 bits per heavy atom. The second-order valence-corrected chi connectivity index (χ2v) is 5.92. The maximum Gasteiger partial charge on any atom is 0.225 e. The molecule has 0 unspecified atom stereocenters. The van der Waals surface area contributed by atoms with Crippen LogP contribution >= 0.6 is 0 Å². The molecule has 2 aromatic rings. The molecular weight excluding hydrogens is 306 g/mol. The molecule has 2 atom stereocenters. The zero-order chi connectivity index (χ0) is 16.8. The number of aliphatic hydroxyl groups excluding tert-OH is 1. The summed E-state index contributed by atoms with van der Waals surface area (Å²) in [7, 11) is 0. The number of nitrogens with zero attached hydrogens (tertiary/aromatic N) is 3. The largest absolute Gasteiger partial charge is 0.394 e. The molecule has 1 saturated heterocycles. The Labute approximate surface area is 141 Å². The fourth-order valence-electron chi connectivity index (χ4n) is 2.54. The molecular formula is C17H23N5O2. The molecule has 128 valence electrons. The smallest absolute Gasteiger partial charge is 0.225 e. The summed E-state index contributed by atoms with van der Waals surface area (Å²) in [5.74, 6) is 1.18. The summed E-state index contributed by atoms with van der Waals surface area (Å²) in [6.45, 7) is 3.43. The van der Waals surface area contributed by atoms with E-state index >= 15 is 0 Å². The van der Waals surface area contributed by atoms with E-state index in [9.17, 15) is 5.11 Å². The van der Waals surface area contributed by atoms with Gasteiger partial charge in [-0.25, -0.2) is 4.98 Å². The number of hydrogen-bond acceptors (Lipinski definition) is 7. The van der Waals surface area contributed by atoms with Crippen LogP contribution in [0.1, 0.15) is 19.8 Å². The Kier molecular flexibility index (Phi) is 5.55. The first-order valence-corrected chi connectivity index (χ1v) is 8.28. The van der Waals surface area contributed by atoms with Gasteiger partial charge in [0.1, 0.15) is 5.82 Å². The predicted octanol–water partition coefficient (Wildman–Crippen LogP) is 1.92. The Morgan fingerprint density at radius 2 is 2.25 bits per heavy atom. The Hall–Kier alpha value is -2.25. The Balaban J connectivity index is 1.81. The van der Waals surface area contributed by atoms with Crippen molar-refractivity contribution in [3.8, 4) is 11.4 Å². The van der Waals surface area contributed by atoms with Crippen molar-refractivity contribution in [2.45, 2.75) is 31.9 Å². The first kappa shape index (κ1) is 16.6. The fourth-order valence-corrected chi connectivity index (χ4v) is 2.54. The van der Waals surface area contributed by atoms with Crippen LogP contribution in [0.2, 0.25) is 0 Å². The second-order valence-electron chi connectivity index (χ2n) is 5.92. The van der Waals surface area contributed by atoms with Gasteiger partial charge < -0.3 is 20.5 Å². The lowest BCUT2D eigenvalue weighted by Crippen LogP contribution is -2.22. The molecule has 3 heterocycles. The van der Waals surface area contributed by atoms with Gasteiger partial charge in [0.25, 0.3) is 0 Å². The molecule has 2 aromatic heterocycles. The summed E-state index contributed by atoms with van der Waals surface area (Å²) < 4.78 is 5.63. The highest BCUT2D eigenvalue weighted by molar-refractivity contribution is 5.61. The molecule has 3 N–H and O–H groups in total. The summed E-state index contributed by atoms with van der Waals surface area (Å²) in [6.07, 6.45) is 4.14. The normalized spacial score (nSPS) is 18.3. The van der Waals surface area contributed by atoms with E-state index < -0.39 is 0 Å². The summed E-state index contributed by atoms with van der Waals surface area (Å²) >= 11 is 0. The van der Waals surface area contributed by atoms with Crippen LogP contribution < -0.4 is 10.6 Å². The van der Waals surface area contributed by atoms with Crippen LogP contribution in [0.15, 0.2) is 30.5 Å². The molecule has 3 rings (SSSR count). The molecule has 0 spiro atoms. The standard InChI is InChI=1S/C17H23N5O2/c1-12(11-23)20-17-21-15(14-6-2-3-7-18-14)9-16(22-17)19-10-13-5-4-8-24-13/h2-3,6-7,9,12-13,23H,4-5,8,10-11H2,1H3,(H2,19,20,21,22)/t12-,13+/m1/s1. The monoisotopic (exact) mass is 329 g/mol. The number of pyridine rings is 1. The minimum atomic E-state index is -0.130. The Morgan fingerprint density at radius 3 is 2.96 bits per heavy atom. The molecule has 0 aromatic carbocycles. The van der Waals surface area contributed by atoms with Crippen molar-refractivity contribution in [3.63, 3.8) is 0 Å². The van der Waals surface area contributed by atoms with Gasteiger partial charge in [-0.3, -0.25) is 4.98 Å². The lowest BCUT2D eigenvalue weighted by atomic mass is 10.2. The SMILES string of the molecule is C[C@H](CO)Nc1nc(NC[C@@H]2CCCO2)cc(-c2ccccn2)n1. The molecule has 24 heavy (non-hydrogen) atoms. The van der Waals surface area contributed by atoms with Gasteiger partial charge in [0.15, 0.2) is 0 Å². The molecule has 0 bridgehead atoms. The van der Waals surface area contributed by atoms with E-state index in [1.807, 2.05) is 31.2 Å². The zero-order valence-corrected chi connectivity index (χ0v) is 13.8. The van der Waals surface area contributed by atoms with E-state index in [0.29, 0.717) is 18.3 Å². The van der Waals surface area contributed by atoms with Crippen LogP contribution in [-0.2, 0) is 4.74 Å². The second kappa shape index (κ2) is 8.03. The third-order valence-electron chi connectivity index (χ3n) is 3.84. The number of aromatic nitrogens is 3. The predicted molar refractivity (Wildman–Crippen MR) is 92.9 cm³/mol. The molecule has 1 aliphatic heterocycles. The summed E-state index contributed by atoms with van der Waals surface area (Å²) in [6, 6.07) is 7.45. The van der Waals surface area contributed by atoms with E-state index in [4.69, 9.17) is 4.74 Å². The van der Waals surface area contributed by atoms with E-state index in [-0.39, 0.29) is 18.8 Å².